The lowest BCUT2D eigenvalue weighted by molar-refractivity contribution is 0.171. The molecule has 29 heavy (non-hydrogen) atoms. The number of aromatic nitrogens is 2. The highest BCUT2D eigenvalue weighted by Gasteiger charge is 2.27. The summed E-state index contributed by atoms with van der Waals surface area (Å²) in [5.74, 6) is -0.176. The van der Waals surface area contributed by atoms with Gasteiger partial charge in [-0.3, -0.25) is 9.29 Å². The molecular formula is C17H14ClN3O6S2. The summed E-state index contributed by atoms with van der Waals surface area (Å²) in [6, 6.07) is 4.47. The quantitative estimate of drug-likeness (QED) is 0.572. The van der Waals surface area contributed by atoms with Crippen molar-refractivity contribution in [3.63, 3.8) is 0 Å². The molecule has 3 heterocycles. The van der Waals surface area contributed by atoms with E-state index in [-0.39, 0.29) is 50.3 Å². The maximum Gasteiger partial charge on any atom is 0.333 e. The van der Waals surface area contributed by atoms with Crippen LogP contribution in [0.15, 0.2) is 38.8 Å². The standard InChI is InChI=1S/C17H14ClN3O6S2/c1-20-8-12(18)21(17(20)23)5-4-10-7-11(15-16(14(10)22)27-9-26-15)19-29(24,25)13-3-2-6-28-13/h2-8,19,22H,9H2,1H3. The van der Waals surface area contributed by atoms with E-state index in [0.717, 1.165) is 11.3 Å². The molecule has 1 aliphatic rings. The number of fused-ring (bicyclic) bond motifs is 1. The molecule has 9 nitrogen and oxygen atoms in total. The van der Waals surface area contributed by atoms with Crippen LogP contribution >= 0.6 is 22.9 Å². The van der Waals surface area contributed by atoms with Gasteiger partial charge in [0.1, 0.15) is 9.36 Å². The van der Waals surface area contributed by atoms with Crippen LogP contribution in [0.5, 0.6) is 17.2 Å². The predicted molar refractivity (Wildman–Crippen MR) is 109 cm³/mol. The number of phenols is 1. The molecule has 0 aliphatic carbocycles. The summed E-state index contributed by atoms with van der Waals surface area (Å²) >= 11 is 7.08. The fourth-order valence-corrected chi connectivity index (χ4v) is 5.04. The van der Waals surface area contributed by atoms with Gasteiger partial charge in [0.25, 0.3) is 10.0 Å². The van der Waals surface area contributed by atoms with E-state index in [4.69, 9.17) is 21.1 Å². The van der Waals surface area contributed by atoms with Crippen molar-refractivity contribution >= 4 is 50.9 Å². The second-order valence-corrected chi connectivity index (χ2v) is 9.24. The first-order chi connectivity index (χ1) is 13.8. The van der Waals surface area contributed by atoms with E-state index in [1.54, 1.807) is 18.5 Å². The van der Waals surface area contributed by atoms with Crippen molar-refractivity contribution in [3.8, 4) is 17.2 Å². The number of phenolic OH excluding ortho intramolecular Hbond substituents is 1. The van der Waals surface area contributed by atoms with Crippen LogP contribution < -0.4 is 19.9 Å². The van der Waals surface area contributed by atoms with Gasteiger partial charge in [0, 0.05) is 25.0 Å². The van der Waals surface area contributed by atoms with Crippen molar-refractivity contribution < 1.29 is 23.0 Å². The molecule has 0 atom stereocenters. The third-order valence-electron chi connectivity index (χ3n) is 4.09. The van der Waals surface area contributed by atoms with E-state index in [0.29, 0.717) is 0 Å². The minimum Gasteiger partial charge on any atom is -0.504 e. The molecule has 0 saturated carbocycles. The number of ether oxygens (including phenoxy) is 2. The summed E-state index contributed by atoms with van der Waals surface area (Å²) in [6.45, 7) is -0.173. The van der Waals surface area contributed by atoms with E-state index >= 15 is 0 Å². The zero-order chi connectivity index (χ0) is 20.8. The minimum absolute atomic E-state index is 0.00235. The molecule has 0 amide bonds. The van der Waals surface area contributed by atoms with Crippen molar-refractivity contribution in [1.82, 2.24) is 9.13 Å². The fourth-order valence-electron chi connectivity index (χ4n) is 2.72. The molecular weight excluding hydrogens is 442 g/mol. The van der Waals surface area contributed by atoms with Crippen LogP contribution in [0.2, 0.25) is 5.15 Å². The normalized spacial score (nSPS) is 13.3. The van der Waals surface area contributed by atoms with Gasteiger partial charge in [-0.2, -0.15) is 0 Å². The SMILES string of the molecule is Cn1cc(Cl)n(C=Cc2cc(NS(=O)(=O)c3cccs3)c3c(c2O)OCO3)c1=O. The number of aryl methyl sites for hydroxylation is 1. The van der Waals surface area contributed by atoms with E-state index in [9.17, 15) is 18.3 Å². The molecule has 0 unspecified atom stereocenters. The average molecular weight is 456 g/mol. The molecule has 1 aromatic carbocycles. The highest BCUT2D eigenvalue weighted by Crippen LogP contribution is 2.48. The molecule has 0 radical (unpaired) electrons. The summed E-state index contributed by atoms with van der Waals surface area (Å²) in [5, 5.41) is 12.3. The van der Waals surface area contributed by atoms with Crippen molar-refractivity contribution in [2.75, 3.05) is 11.5 Å². The maximum atomic E-state index is 12.6. The highest BCUT2D eigenvalue weighted by molar-refractivity contribution is 7.94. The summed E-state index contributed by atoms with van der Waals surface area (Å²) in [6.07, 6.45) is 4.21. The zero-order valence-electron chi connectivity index (χ0n) is 14.8. The predicted octanol–water partition coefficient (Wildman–Crippen LogP) is 2.76. The Morgan fingerprint density at radius 1 is 1.34 bits per heavy atom. The van der Waals surface area contributed by atoms with E-state index in [1.807, 2.05) is 0 Å². The van der Waals surface area contributed by atoms with Gasteiger partial charge in [-0.05, 0) is 23.6 Å². The van der Waals surface area contributed by atoms with Crippen LogP contribution in [0.25, 0.3) is 12.3 Å². The van der Waals surface area contributed by atoms with Gasteiger partial charge >= 0.3 is 5.69 Å². The first-order valence-electron chi connectivity index (χ1n) is 8.11. The Morgan fingerprint density at radius 2 is 2.10 bits per heavy atom. The van der Waals surface area contributed by atoms with Gasteiger partial charge < -0.3 is 19.1 Å². The fraction of sp³-hybridized carbons (Fsp3) is 0.118. The number of sulfonamides is 1. The molecule has 0 bridgehead atoms. The molecule has 3 aromatic rings. The second kappa shape index (κ2) is 7.17. The Hall–Kier alpha value is -2.89. The van der Waals surface area contributed by atoms with Gasteiger partial charge in [-0.1, -0.05) is 17.7 Å². The molecule has 0 fully saturated rings. The van der Waals surface area contributed by atoms with Crippen LogP contribution in [-0.4, -0.2) is 29.5 Å². The molecule has 0 saturated heterocycles. The number of anilines is 1. The van der Waals surface area contributed by atoms with E-state index < -0.39 is 10.0 Å². The van der Waals surface area contributed by atoms with Crippen LogP contribution in [0.3, 0.4) is 0 Å². The Balaban J connectivity index is 1.77. The van der Waals surface area contributed by atoms with Crippen LogP contribution in [0, 0.1) is 0 Å². The minimum atomic E-state index is -3.85. The lowest BCUT2D eigenvalue weighted by Gasteiger charge is -2.12. The third kappa shape index (κ3) is 3.48. The van der Waals surface area contributed by atoms with E-state index in [1.165, 1.54) is 39.7 Å². The number of nitrogens with zero attached hydrogens (tertiary/aromatic N) is 2. The Labute approximate surface area is 174 Å². The van der Waals surface area contributed by atoms with Gasteiger partial charge in [0.2, 0.25) is 12.5 Å². The monoisotopic (exact) mass is 455 g/mol. The lowest BCUT2D eigenvalue weighted by atomic mass is 10.1. The molecule has 1 aliphatic heterocycles. The summed E-state index contributed by atoms with van der Waals surface area (Å²) < 4.78 is 40.8. The number of imidazole rings is 1. The molecule has 0 spiro atoms. The van der Waals surface area contributed by atoms with Gasteiger partial charge in [0.15, 0.2) is 11.5 Å². The second-order valence-electron chi connectivity index (χ2n) is 6.00. The molecule has 2 aromatic heterocycles. The van der Waals surface area contributed by atoms with Crippen LogP contribution in [-0.2, 0) is 17.1 Å². The van der Waals surface area contributed by atoms with Crippen LogP contribution in [0.4, 0.5) is 5.69 Å². The lowest BCUT2D eigenvalue weighted by Crippen LogP contribution is -2.18. The number of hydrogen-bond donors (Lipinski definition) is 2. The number of halogens is 1. The maximum absolute atomic E-state index is 12.6. The Morgan fingerprint density at radius 3 is 2.76 bits per heavy atom. The Bertz CT molecular complexity index is 1280. The number of nitrogens with one attached hydrogen (secondary N) is 1. The van der Waals surface area contributed by atoms with Gasteiger partial charge in [-0.15, -0.1) is 11.3 Å². The molecule has 4 rings (SSSR count). The molecule has 12 heteroatoms. The first-order valence-corrected chi connectivity index (χ1v) is 10.9. The summed E-state index contributed by atoms with van der Waals surface area (Å²) in [5.41, 5.74) is -0.0927. The van der Waals surface area contributed by atoms with Gasteiger partial charge in [0.05, 0.1) is 5.69 Å². The molecule has 2 N–H and O–H groups in total. The highest BCUT2D eigenvalue weighted by atomic mass is 35.5. The van der Waals surface area contributed by atoms with Crippen molar-refractivity contribution in [3.05, 3.63) is 51.0 Å². The zero-order valence-corrected chi connectivity index (χ0v) is 17.2. The van der Waals surface area contributed by atoms with Gasteiger partial charge in [-0.25, -0.2) is 13.2 Å². The van der Waals surface area contributed by atoms with Crippen LogP contribution in [0.1, 0.15) is 5.56 Å². The number of thiophene rings is 1. The average Bonchev–Trinajstić information content (AvgIpc) is 3.40. The molecule has 152 valence electrons. The third-order valence-corrected chi connectivity index (χ3v) is 7.13. The number of aromatic hydroxyl groups is 1. The largest absolute Gasteiger partial charge is 0.504 e. The number of benzene rings is 1. The number of rotatable bonds is 5. The van der Waals surface area contributed by atoms with Crippen molar-refractivity contribution in [1.29, 1.82) is 0 Å². The summed E-state index contributed by atoms with van der Waals surface area (Å²) in [7, 11) is -2.30. The number of hydrogen-bond acceptors (Lipinski definition) is 7. The summed E-state index contributed by atoms with van der Waals surface area (Å²) in [4.78, 5) is 12.1. The van der Waals surface area contributed by atoms with E-state index in [2.05, 4.69) is 4.72 Å². The smallest absolute Gasteiger partial charge is 0.333 e. The Kier molecular flexibility index (Phi) is 4.81. The first kappa shape index (κ1) is 19.4. The van der Waals surface area contributed by atoms with Crippen molar-refractivity contribution in [2.45, 2.75) is 4.21 Å². The van der Waals surface area contributed by atoms with Crippen molar-refractivity contribution in [2.24, 2.45) is 7.05 Å². The topological polar surface area (TPSA) is 112 Å².